The van der Waals surface area contributed by atoms with Crippen LogP contribution in [0.25, 0.3) is 0 Å². The fraction of sp³-hybridized carbons (Fsp3) is 0.250. The highest BCUT2D eigenvalue weighted by Gasteiger charge is 2.19. The smallest absolute Gasteiger partial charge is 0.358 e. The molecule has 6 nitrogen and oxygen atoms in total. The van der Waals surface area contributed by atoms with Crippen LogP contribution >= 0.6 is 11.6 Å². The van der Waals surface area contributed by atoms with Crippen molar-refractivity contribution in [1.29, 1.82) is 0 Å². The van der Waals surface area contributed by atoms with Crippen molar-refractivity contribution in [2.24, 2.45) is 0 Å². The van der Waals surface area contributed by atoms with E-state index < -0.39 is 11.8 Å². The molecule has 0 saturated heterocycles. The number of halogens is 2. The molecule has 0 aliphatic carbocycles. The zero-order valence-corrected chi connectivity index (χ0v) is 11.3. The first kappa shape index (κ1) is 14.4. The minimum Gasteiger partial charge on any atom is -0.476 e. The van der Waals surface area contributed by atoms with E-state index in [1.165, 1.54) is 23.9 Å². The Morgan fingerprint density at radius 3 is 2.90 bits per heavy atom. The second kappa shape index (κ2) is 5.98. The monoisotopic (exact) mass is 299 g/mol. The minimum atomic E-state index is -1.19. The molecule has 0 unspecified atom stereocenters. The van der Waals surface area contributed by atoms with Gasteiger partial charge in [0.05, 0.1) is 23.9 Å². The Bertz CT molecular complexity index is 645. The fourth-order valence-corrected chi connectivity index (χ4v) is 1.83. The van der Waals surface area contributed by atoms with E-state index in [-0.39, 0.29) is 23.9 Å². The number of methoxy groups -OCH3 is 1. The molecule has 2 rings (SSSR count). The van der Waals surface area contributed by atoms with E-state index in [1.54, 1.807) is 6.07 Å². The van der Waals surface area contributed by atoms with Gasteiger partial charge in [0, 0.05) is 7.11 Å². The van der Waals surface area contributed by atoms with Crippen molar-refractivity contribution in [3.63, 3.8) is 0 Å². The Kier molecular flexibility index (Phi) is 4.31. The number of carboxylic acids is 1. The van der Waals surface area contributed by atoms with Crippen LogP contribution in [0.5, 0.6) is 0 Å². The van der Waals surface area contributed by atoms with Gasteiger partial charge in [0.2, 0.25) is 0 Å². The second-order valence-corrected chi connectivity index (χ2v) is 4.44. The van der Waals surface area contributed by atoms with E-state index in [0.29, 0.717) is 11.3 Å². The summed E-state index contributed by atoms with van der Waals surface area (Å²) in [5.41, 5.74) is 0.725. The van der Waals surface area contributed by atoms with Gasteiger partial charge in [0.15, 0.2) is 5.69 Å². The maximum Gasteiger partial charge on any atom is 0.358 e. The van der Waals surface area contributed by atoms with Gasteiger partial charge in [-0.25, -0.2) is 13.9 Å². The van der Waals surface area contributed by atoms with Gasteiger partial charge in [-0.05, 0) is 17.7 Å². The summed E-state index contributed by atoms with van der Waals surface area (Å²) in [5, 5.41) is 16.4. The molecule has 1 N–H and O–H groups in total. The molecule has 0 aliphatic rings. The summed E-state index contributed by atoms with van der Waals surface area (Å²) in [6.07, 6.45) is 0. The SMILES string of the molecule is COCc1c(C(=O)O)nnn1Cc1ccc(Cl)c(F)c1. The number of aromatic carboxylic acids is 1. The predicted molar refractivity (Wildman–Crippen MR) is 68.2 cm³/mol. The number of ether oxygens (including phenoxy) is 1. The first-order chi connectivity index (χ1) is 9.52. The number of hydrogen-bond acceptors (Lipinski definition) is 4. The molecule has 1 aromatic heterocycles. The number of aromatic nitrogens is 3. The largest absolute Gasteiger partial charge is 0.476 e. The number of carboxylic acid groups (broad SMARTS) is 1. The molecule has 8 heteroatoms. The standard InChI is InChI=1S/C12H11ClFN3O3/c1-20-6-10-11(12(18)19)15-16-17(10)5-7-2-3-8(13)9(14)4-7/h2-4H,5-6H2,1H3,(H,18,19). The third-order valence-corrected chi connectivity index (χ3v) is 2.94. The first-order valence-electron chi connectivity index (χ1n) is 5.61. The van der Waals surface area contributed by atoms with Crippen molar-refractivity contribution in [3.05, 3.63) is 46.0 Å². The number of nitrogens with zero attached hydrogens (tertiary/aromatic N) is 3. The van der Waals surface area contributed by atoms with Gasteiger partial charge in [-0.3, -0.25) is 0 Å². The first-order valence-corrected chi connectivity index (χ1v) is 5.99. The van der Waals surface area contributed by atoms with Crippen LogP contribution in [0, 0.1) is 5.82 Å². The molecular weight excluding hydrogens is 289 g/mol. The molecular formula is C12H11ClFN3O3. The lowest BCUT2D eigenvalue weighted by molar-refractivity contribution is 0.0684. The summed E-state index contributed by atoms with van der Waals surface area (Å²) < 4.78 is 19.7. The van der Waals surface area contributed by atoms with Crippen LogP contribution in [0.2, 0.25) is 5.02 Å². The average Bonchev–Trinajstić information content (AvgIpc) is 2.78. The van der Waals surface area contributed by atoms with Crippen LogP contribution in [0.4, 0.5) is 4.39 Å². The number of benzene rings is 1. The van der Waals surface area contributed by atoms with Crippen LogP contribution in [0.15, 0.2) is 18.2 Å². The molecule has 0 bridgehead atoms. The minimum absolute atomic E-state index is 0.0238. The predicted octanol–water partition coefficient (Wildman–Crippen LogP) is 1.96. The molecule has 0 amide bonds. The van der Waals surface area contributed by atoms with Crippen molar-refractivity contribution in [2.45, 2.75) is 13.2 Å². The zero-order valence-electron chi connectivity index (χ0n) is 10.5. The van der Waals surface area contributed by atoms with E-state index in [9.17, 15) is 9.18 Å². The van der Waals surface area contributed by atoms with Gasteiger partial charge in [0.25, 0.3) is 0 Å². The van der Waals surface area contributed by atoms with Crippen molar-refractivity contribution < 1.29 is 19.0 Å². The topological polar surface area (TPSA) is 77.2 Å². The maximum atomic E-state index is 13.4. The molecule has 2 aromatic rings. The van der Waals surface area contributed by atoms with Gasteiger partial charge in [-0.1, -0.05) is 22.9 Å². The van der Waals surface area contributed by atoms with Crippen LogP contribution in [0.3, 0.4) is 0 Å². The van der Waals surface area contributed by atoms with E-state index in [1.807, 2.05) is 0 Å². The molecule has 0 fully saturated rings. The van der Waals surface area contributed by atoms with Gasteiger partial charge < -0.3 is 9.84 Å². The van der Waals surface area contributed by atoms with Crippen LogP contribution in [0.1, 0.15) is 21.7 Å². The number of rotatable bonds is 5. The van der Waals surface area contributed by atoms with E-state index in [2.05, 4.69) is 10.3 Å². The summed E-state index contributed by atoms with van der Waals surface area (Å²) in [4.78, 5) is 11.0. The molecule has 20 heavy (non-hydrogen) atoms. The lowest BCUT2D eigenvalue weighted by Gasteiger charge is -2.07. The van der Waals surface area contributed by atoms with Crippen molar-refractivity contribution in [3.8, 4) is 0 Å². The third-order valence-electron chi connectivity index (χ3n) is 2.64. The highest BCUT2D eigenvalue weighted by molar-refractivity contribution is 6.30. The van der Waals surface area contributed by atoms with Gasteiger partial charge >= 0.3 is 5.97 Å². The summed E-state index contributed by atoms with van der Waals surface area (Å²) in [5.74, 6) is -1.73. The maximum absolute atomic E-state index is 13.4. The second-order valence-electron chi connectivity index (χ2n) is 4.03. The molecule has 106 valence electrons. The lowest BCUT2D eigenvalue weighted by atomic mass is 10.2. The Morgan fingerprint density at radius 2 is 2.30 bits per heavy atom. The quantitative estimate of drug-likeness (QED) is 0.913. The summed E-state index contributed by atoms with van der Waals surface area (Å²) in [7, 11) is 1.44. The molecule has 0 aliphatic heterocycles. The Hall–Kier alpha value is -1.99. The number of carbonyl (C=O) groups is 1. The third kappa shape index (κ3) is 2.94. The Labute approximate surface area is 118 Å². The molecule has 0 atom stereocenters. The molecule has 1 heterocycles. The van der Waals surface area contributed by atoms with E-state index in [0.717, 1.165) is 0 Å². The highest BCUT2D eigenvalue weighted by atomic mass is 35.5. The number of hydrogen-bond donors (Lipinski definition) is 1. The van der Waals surface area contributed by atoms with Crippen LogP contribution in [-0.4, -0.2) is 33.2 Å². The van der Waals surface area contributed by atoms with Crippen LogP contribution in [-0.2, 0) is 17.9 Å². The Morgan fingerprint density at radius 1 is 1.55 bits per heavy atom. The van der Waals surface area contributed by atoms with Crippen molar-refractivity contribution >= 4 is 17.6 Å². The molecule has 0 saturated carbocycles. The normalized spacial score (nSPS) is 10.8. The van der Waals surface area contributed by atoms with Crippen LogP contribution < -0.4 is 0 Å². The highest BCUT2D eigenvalue weighted by Crippen LogP contribution is 2.17. The lowest BCUT2D eigenvalue weighted by Crippen LogP contribution is -2.10. The van der Waals surface area contributed by atoms with Crippen molar-refractivity contribution in [1.82, 2.24) is 15.0 Å². The average molecular weight is 300 g/mol. The van der Waals surface area contributed by atoms with Gasteiger partial charge in [-0.15, -0.1) is 5.10 Å². The van der Waals surface area contributed by atoms with E-state index >= 15 is 0 Å². The summed E-state index contributed by atoms with van der Waals surface area (Å²) in [6.45, 7) is 0.220. The van der Waals surface area contributed by atoms with Gasteiger partial charge in [-0.2, -0.15) is 0 Å². The van der Waals surface area contributed by atoms with E-state index in [4.69, 9.17) is 21.4 Å². The zero-order chi connectivity index (χ0) is 14.7. The van der Waals surface area contributed by atoms with Gasteiger partial charge in [0.1, 0.15) is 5.82 Å². The molecule has 1 aromatic carbocycles. The summed E-state index contributed by atoms with van der Waals surface area (Å²) in [6, 6.07) is 4.32. The molecule has 0 spiro atoms. The summed E-state index contributed by atoms with van der Waals surface area (Å²) >= 11 is 5.60. The molecule has 0 radical (unpaired) electrons. The fourth-order valence-electron chi connectivity index (χ4n) is 1.72. The van der Waals surface area contributed by atoms with Crippen molar-refractivity contribution in [2.75, 3.05) is 7.11 Å². The Balaban J connectivity index is 2.32.